The van der Waals surface area contributed by atoms with Crippen LogP contribution in [-0.2, 0) is 18.3 Å². The van der Waals surface area contributed by atoms with Crippen molar-refractivity contribution in [3.05, 3.63) is 0 Å². The van der Waals surface area contributed by atoms with Gasteiger partial charge in [-0.05, 0) is 27.2 Å². The molecule has 0 rings (SSSR count). The molecule has 0 aliphatic carbocycles. The van der Waals surface area contributed by atoms with E-state index < -0.39 is 19.9 Å². The Bertz CT molecular complexity index is 336. The predicted molar refractivity (Wildman–Crippen MR) is 82.7 cm³/mol. The van der Waals surface area contributed by atoms with Gasteiger partial charge < -0.3 is 23.6 Å². The number of ether oxygens (including phenoxy) is 1. The largest absolute Gasteiger partial charge is 0.444 e. The van der Waals surface area contributed by atoms with E-state index in [9.17, 15) is 9.36 Å². The number of amides is 1. The van der Waals surface area contributed by atoms with Crippen LogP contribution in [0.5, 0.6) is 0 Å². The molecule has 1 atom stereocenters. The Morgan fingerprint density at radius 2 is 1.71 bits per heavy atom. The van der Waals surface area contributed by atoms with Gasteiger partial charge in [-0.1, -0.05) is 0 Å². The molecule has 0 aromatic carbocycles. The summed E-state index contributed by atoms with van der Waals surface area (Å²) in [6.45, 7) is 7.25. The molecule has 8 heteroatoms. The summed E-state index contributed by atoms with van der Waals surface area (Å²) < 4.78 is 27.4. The van der Waals surface area contributed by atoms with Crippen LogP contribution < -0.4 is 5.32 Å². The summed E-state index contributed by atoms with van der Waals surface area (Å²) in [5, 5.41) is 2.60. The van der Waals surface area contributed by atoms with E-state index in [0.29, 0.717) is 19.6 Å². The van der Waals surface area contributed by atoms with Gasteiger partial charge in [0.1, 0.15) is 18.8 Å². The molecule has 1 unspecified atom stereocenters. The van der Waals surface area contributed by atoms with Gasteiger partial charge in [-0.15, -0.1) is 0 Å². The van der Waals surface area contributed by atoms with Gasteiger partial charge in [0, 0.05) is 6.54 Å². The van der Waals surface area contributed by atoms with E-state index in [4.69, 9.17) is 13.8 Å². The van der Waals surface area contributed by atoms with Crippen LogP contribution in [-0.4, -0.2) is 63.6 Å². The first-order valence-corrected chi connectivity index (χ1v) is 8.29. The average molecular weight is 325 g/mol. The first-order valence-electron chi connectivity index (χ1n) is 7.06. The van der Waals surface area contributed by atoms with E-state index in [-0.39, 0.29) is 6.61 Å². The summed E-state index contributed by atoms with van der Waals surface area (Å²) in [6, 6.07) is 0. The Labute approximate surface area is 128 Å². The van der Waals surface area contributed by atoms with Crippen molar-refractivity contribution < 1.29 is 27.6 Å². The van der Waals surface area contributed by atoms with Crippen molar-refractivity contribution in [3.63, 3.8) is 0 Å². The van der Waals surface area contributed by atoms with Gasteiger partial charge in [0.15, 0.2) is 0 Å². The molecule has 0 aromatic heterocycles. The number of likely N-dealkylation sites (N-methyl/N-ethyl adjacent to an activating group) is 1. The number of nitrogens with zero attached hydrogens (tertiary/aromatic N) is 1. The molecule has 0 fully saturated rings. The van der Waals surface area contributed by atoms with Gasteiger partial charge in [0.05, 0.1) is 27.7 Å². The molecule has 0 radical (unpaired) electrons. The van der Waals surface area contributed by atoms with Crippen molar-refractivity contribution in [2.75, 3.05) is 47.4 Å². The second-order valence-corrected chi connectivity index (χ2v) is 7.82. The molecule has 0 saturated heterocycles. The molecule has 7 nitrogen and oxygen atoms in total. The van der Waals surface area contributed by atoms with E-state index in [1.807, 2.05) is 21.1 Å². The summed E-state index contributed by atoms with van der Waals surface area (Å²) in [7, 11) is 3.65. The van der Waals surface area contributed by atoms with E-state index in [2.05, 4.69) is 5.32 Å². The van der Waals surface area contributed by atoms with E-state index >= 15 is 0 Å². The molecule has 126 valence electrons. The number of quaternary nitrogens is 1. The van der Waals surface area contributed by atoms with Gasteiger partial charge in [-0.2, -0.15) is 0 Å². The molecule has 0 heterocycles. The summed E-state index contributed by atoms with van der Waals surface area (Å²) in [5.74, 6) is 0. The molecular weight excluding hydrogens is 295 g/mol. The zero-order valence-electron chi connectivity index (χ0n) is 14.0. The normalized spacial score (nSPS) is 13.8. The van der Waals surface area contributed by atoms with Crippen LogP contribution in [0.25, 0.3) is 0 Å². The number of rotatable bonds is 9. The van der Waals surface area contributed by atoms with Crippen molar-refractivity contribution >= 4 is 14.3 Å². The summed E-state index contributed by atoms with van der Waals surface area (Å²) >= 11 is 0. The van der Waals surface area contributed by atoms with Crippen molar-refractivity contribution in [3.8, 4) is 0 Å². The zero-order valence-corrected chi connectivity index (χ0v) is 15.0. The molecule has 1 N–H and O–H groups in total. The molecule has 0 saturated carbocycles. The Kier molecular flexibility index (Phi) is 9.13. The predicted octanol–water partition coefficient (Wildman–Crippen LogP) is 2.03. The minimum absolute atomic E-state index is 0.276. The van der Waals surface area contributed by atoms with Crippen LogP contribution in [0.15, 0.2) is 0 Å². The lowest BCUT2D eigenvalue weighted by Crippen LogP contribution is -2.37. The van der Waals surface area contributed by atoms with Crippen LogP contribution >= 0.6 is 8.25 Å². The molecule has 0 aliphatic heterocycles. The number of alkyl carbamates (subject to hydrolysis) is 1. The van der Waals surface area contributed by atoms with Gasteiger partial charge >= 0.3 is 14.3 Å². The fraction of sp³-hybridized carbons (Fsp3) is 0.923. The zero-order chi connectivity index (χ0) is 16.5. The van der Waals surface area contributed by atoms with Crippen LogP contribution in [0.3, 0.4) is 0 Å². The number of nitrogens with one attached hydrogen (secondary N) is 1. The van der Waals surface area contributed by atoms with E-state index in [1.54, 1.807) is 20.8 Å². The SMILES string of the molecule is CC(C)(C)OC(=O)NCCCO[PH](=O)OCC[N+](C)(C)C. The Morgan fingerprint density at radius 3 is 2.24 bits per heavy atom. The maximum Gasteiger partial charge on any atom is 0.407 e. The third kappa shape index (κ3) is 15.6. The lowest BCUT2D eigenvalue weighted by atomic mass is 10.2. The minimum Gasteiger partial charge on any atom is -0.444 e. The number of hydrogen-bond donors (Lipinski definition) is 1. The lowest BCUT2D eigenvalue weighted by Gasteiger charge is -2.23. The molecule has 0 bridgehead atoms. The first kappa shape index (κ1) is 20.4. The van der Waals surface area contributed by atoms with Crippen LogP contribution in [0.1, 0.15) is 27.2 Å². The minimum atomic E-state index is -2.44. The van der Waals surface area contributed by atoms with Gasteiger partial charge in [-0.25, -0.2) is 4.79 Å². The number of carbonyl (C=O) groups is 1. The summed E-state index contributed by atoms with van der Waals surface area (Å²) in [4.78, 5) is 11.3. The Hall–Kier alpha value is -0.620. The van der Waals surface area contributed by atoms with Gasteiger partial charge in [-0.3, -0.25) is 4.57 Å². The molecule has 0 aliphatic rings. The van der Waals surface area contributed by atoms with Crippen molar-refractivity contribution in [2.45, 2.75) is 32.8 Å². The molecular formula is C13H30N2O5P+. The fourth-order valence-corrected chi connectivity index (χ4v) is 1.83. The Balaban J connectivity index is 3.55. The second-order valence-electron chi connectivity index (χ2n) is 6.74. The van der Waals surface area contributed by atoms with Gasteiger partial charge in [0.25, 0.3) is 0 Å². The first-order chi connectivity index (χ1) is 9.49. The molecule has 21 heavy (non-hydrogen) atoms. The Morgan fingerprint density at radius 1 is 1.14 bits per heavy atom. The second kappa shape index (κ2) is 9.41. The topological polar surface area (TPSA) is 73.9 Å². The summed E-state index contributed by atoms with van der Waals surface area (Å²) in [6.07, 6.45) is 0.0864. The summed E-state index contributed by atoms with van der Waals surface area (Å²) in [5.41, 5.74) is -0.509. The van der Waals surface area contributed by atoms with Crippen LogP contribution in [0.2, 0.25) is 0 Å². The number of hydrogen-bond acceptors (Lipinski definition) is 5. The molecule has 1 amide bonds. The van der Waals surface area contributed by atoms with E-state index in [0.717, 1.165) is 11.0 Å². The highest BCUT2D eigenvalue weighted by atomic mass is 31.1. The highest BCUT2D eigenvalue weighted by Gasteiger charge is 2.15. The molecule has 0 aromatic rings. The van der Waals surface area contributed by atoms with Gasteiger partial charge in [0.2, 0.25) is 0 Å². The smallest absolute Gasteiger partial charge is 0.407 e. The van der Waals surface area contributed by atoms with Crippen LogP contribution in [0.4, 0.5) is 4.79 Å². The third-order valence-corrected chi connectivity index (χ3v) is 3.07. The van der Waals surface area contributed by atoms with Crippen molar-refractivity contribution in [2.24, 2.45) is 0 Å². The standard InChI is InChI=1S/C13H29N2O5P/c1-13(2,3)20-12(16)14-8-7-10-18-21(17)19-11-9-15(4,5)6/h21H,7-11H2,1-6H3/p+1. The maximum absolute atomic E-state index is 11.4. The highest BCUT2D eigenvalue weighted by molar-refractivity contribution is 7.33. The third-order valence-electron chi connectivity index (χ3n) is 2.19. The van der Waals surface area contributed by atoms with Crippen molar-refractivity contribution in [1.29, 1.82) is 0 Å². The van der Waals surface area contributed by atoms with Crippen molar-refractivity contribution in [1.82, 2.24) is 5.32 Å². The fourth-order valence-electron chi connectivity index (χ4n) is 1.18. The average Bonchev–Trinajstić information content (AvgIpc) is 2.24. The highest BCUT2D eigenvalue weighted by Crippen LogP contribution is 2.23. The van der Waals surface area contributed by atoms with Crippen LogP contribution in [0, 0.1) is 0 Å². The quantitative estimate of drug-likeness (QED) is 0.399. The lowest BCUT2D eigenvalue weighted by molar-refractivity contribution is -0.870. The van der Waals surface area contributed by atoms with E-state index in [1.165, 1.54) is 0 Å². The molecule has 0 spiro atoms. The monoisotopic (exact) mass is 325 g/mol. The maximum atomic E-state index is 11.4. The number of carbonyl (C=O) groups excluding carboxylic acids is 1.